The Balaban J connectivity index is 1.53. The number of hydrogen-bond donors (Lipinski definition) is 2. The molecule has 2 aromatic heterocycles. The lowest BCUT2D eigenvalue weighted by Crippen LogP contribution is -2.08. The number of hydrogen-bond acceptors (Lipinski definition) is 5. The second kappa shape index (κ2) is 5.96. The summed E-state index contributed by atoms with van der Waals surface area (Å²) in [5.41, 5.74) is 1.62. The number of carbonyl (C=O) groups is 1. The molecule has 3 aromatic rings. The quantitative estimate of drug-likeness (QED) is 0.720. The van der Waals surface area contributed by atoms with Crippen LogP contribution in [0.1, 0.15) is 5.76 Å². The van der Waals surface area contributed by atoms with Crippen molar-refractivity contribution < 1.29 is 18.7 Å². The van der Waals surface area contributed by atoms with Crippen molar-refractivity contribution in [2.75, 3.05) is 12.1 Å². The highest BCUT2D eigenvalue weighted by Crippen LogP contribution is 2.37. The number of carbonyl (C=O) groups excluding carboxylic acids is 1. The first kappa shape index (κ1) is 14.1. The molecule has 7 heteroatoms. The number of H-pyrrole nitrogens is 1. The van der Waals surface area contributed by atoms with E-state index in [0.29, 0.717) is 23.1 Å². The molecule has 120 valence electrons. The zero-order valence-corrected chi connectivity index (χ0v) is 12.5. The maximum atomic E-state index is 12.0. The van der Waals surface area contributed by atoms with E-state index in [1.165, 1.54) is 6.08 Å². The third-order valence-corrected chi connectivity index (χ3v) is 3.51. The van der Waals surface area contributed by atoms with Crippen molar-refractivity contribution in [1.29, 1.82) is 0 Å². The van der Waals surface area contributed by atoms with Crippen molar-refractivity contribution in [3.05, 3.63) is 54.6 Å². The number of anilines is 1. The van der Waals surface area contributed by atoms with Gasteiger partial charge in [0.1, 0.15) is 11.6 Å². The molecule has 0 fully saturated rings. The molecule has 0 spiro atoms. The smallest absolute Gasteiger partial charge is 0.249 e. The monoisotopic (exact) mass is 323 g/mol. The number of aromatic amines is 1. The van der Waals surface area contributed by atoms with Crippen molar-refractivity contribution in [1.82, 2.24) is 10.2 Å². The second-order valence-electron chi connectivity index (χ2n) is 5.06. The van der Waals surface area contributed by atoms with Crippen LogP contribution < -0.4 is 14.8 Å². The molecule has 0 radical (unpaired) electrons. The summed E-state index contributed by atoms with van der Waals surface area (Å²) in [6.45, 7) is 0.214. The molecule has 1 aliphatic heterocycles. The first-order valence-electron chi connectivity index (χ1n) is 7.25. The van der Waals surface area contributed by atoms with Crippen LogP contribution in [0.3, 0.4) is 0 Å². The SMILES string of the molecule is O=C(C=Cc1ccco1)Nc1[nH]ncc1-c1ccc2c(c1)OCO2. The largest absolute Gasteiger partial charge is 0.465 e. The summed E-state index contributed by atoms with van der Waals surface area (Å²) >= 11 is 0. The topological polar surface area (TPSA) is 89.4 Å². The van der Waals surface area contributed by atoms with Gasteiger partial charge in [-0.3, -0.25) is 9.89 Å². The average molecular weight is 323 g/mol. The van der Waals surface area contributed by atoms with E-state index in [0.717, 1.165) is 11.1 Å². The number of amides is 1. The van der Waals surface area contributed by atoms with Crippen LogP contribution in [0.2, 0.25) is 0 Å². The molecule has 24 heavy (non-hydrogen) atoms. The number of aromatic nitrogens is 2. The molecule has 0 saturated heterocycles. The van der Waals surface area contributed by atoms with E-state index in [9.17, 15) is 4.79 Å². The molecule has 0 aliphatic carbocycles. The summed E-state index contributed by atoms with van der Waals surface area (Å²) in [7, 11) is 0. The number of nitrogens with zero attached hydrogens (tertiary/aromatic N) is 1. The van der Waals surface area contributed by atoms with Gasteiger partial charge in [0.25, 0.3) is 0 Å². The van der Waals surface area contributed by atoms with Gasteiger partial charge in [0, 0.05) is 11.6 Å². The molecule has 2 N–H and O–H groups in total. The van der Waals surface area contributed by atoms with Crippen molar-refractivity contribution in [3.63, 3.8) is 0 Å². The molecular formula is C17H13N3O4. The van der Waals surface area contributed by atoms with Gasteiger partial charge in [-0.2, -0.15) is 5.10 Å². The van der Waals surface area contributed by atoms with Gasteiger partial charge in [-0.1, -0.05) is 6.07 Å². The van der Waals surface area contributed by atoms with E-state index in [4.69, 9.17) is 13.9 Å². The summed E-state index contributed by atoms with van der Waals surface area (Å²) < 4.78 is 15.8. The number of fused-ring (bicyclic) bond motifs is 1. The minimum atomic E-state index is -0.294. The normalized spacial score (nSPS) is 12.7. The maximum absolute atomic E-state index is 12.0. The number of rotatable bonds is 4. The standard InChI is InChI=1S/C17H13N3O4/c21-16(6-4-12-2-1-7-22-12)19-17-13(9-18-20-17)11-3-5-14-15(8-11)24-10-23-14/h1-9H,10H2,(H2,18,19,20,21). The van der Waals surface area contributed by atoms with Crippen LogP contribution in [0.25, 0.3) is 17.2 Å². The predicted octanol–water partition coefficient (Wildman–Crippen LogP) is 3.05. The number of nitrogens with one attached hydrogen (secondary N) is 2. The predicted molar refractivity (Wildman–Crippen MR) is 86.5 cm³/mol. The molecule has 0 saturated carbocycles. The van der Waals surface area contributed by atoms with Gasteiger partial charge in [-0.25, -0.2) is 0 Å². The Labute approximate surface area is 136 Å². The zero-order chi connectivity index (χ0) is 16.4. The van der Waals surface area contributed by atoms with E-state index < -0.39 is 0 Å². The maximum Gasteiger partial charge on any atom is 0.249 e. The molecule has 0 unspecified atom stereocenters. The van der Waals surface area contributed by atoms with Crippen LogP contribution in [0, 0.1) is 0 Å². The lowest BCUT2D eigenvalue weighted by atomic mass is 10.1. The highest BCUT2D eigenvalue weighted by Gasteiger charge is 2.16. The number of benzene rings is 1. The summed E-state index contributed by atoms with van der Waals surface area (Å²) in [4.78, 5) is 12.0. The Morgan fingerprint density at radius 1 is 1.25 bits per heavy atom. The van der Waals surface area contributed by atoms with Gasteiger partial charge in [0.15, 0.2) is 11.5 Å². The molecular weight excluding hydrogens is 310 g/mol. The van der Waals surface area contributed by atoms with Crippen molar-refractivity contribution in [2.24, 2.45) is 0 Å². The zero-order valence-electron chi connectivity index (χ0n) is 12.5. The Morgan fingerprint density at radius 2 is 2.17 bits per heavy atom. The van der Waals surface area contributed by atoms with E-state index >= 15 is 0 Å². The molecule has 0 bridgehead atoms. The molecule has 4 rings (SSSR count). The average Bonchev–Trinajstić information content (AvgIpc) is 3.33. The van der Waals surface area contributed by atoms with Gasteiger partial charge in [-0.15, -0.1) is 0 Å². The summed E-state index contributed by atoms with van der Waals surface area (Å²) in [6.07, 6.45) is 6.17. The first-order valence-corrected chi connectivity index (χ1v) is 7.25. The molecule has 0 atom stereocenters. The van der Waals surface area contributed by atoms with Crippen molar-refractivity contribution in [2.45, 2.75) is 0 Å². The summed E-state index contributed by atoms with van der Waals surface area (Å²) in [5, 5.41) is 9.55. The Kier molecular flexibility index (Phi) is 3.51. The first-order chi connectivity index (χ1) is 11.8. The third-order valence-electron chi connectivity index (χ3n) is 3.51. The summed E-state index contributed by atoms with van der Waals surface area (Å²) in [6, 6.07) is 9.07. The van der Waals surface area contributed by atoms with E-state index in [1.807, 2.05) is 18.2 Å². The van der Waals surface area contributed by atoms with E-state index in [1.54, 1.807) is 30.7 Å². The van der Waals surface area contributed by atoms with Crippen LogP contribution in [0.4, 0.5) is 5.82 Å². The fourth-order valence-corrected chi connectivity index (χ4v) is 2.37. The number of ether oxygens (including phenoxy) is 2. The highest BCUT2D eigenvalue weighted by atomic mass is 16.7. The Hall–Kier alpha value is -3.48. The number of furan rings is 1. The van der Waals surface area contributed by atoms with Crippen molar-refractivity contribution in [3.8, 4) is 22.6 Å². The second-order valence-corrected chi connectivity index (χ2v) is 5.06. The van der Waals surface area contributed by atoms with Crippen LogP contribution in [0.5, 0.6) is 11.5 Å². The van der Waals surface area contributed by atoms with Gasteiger partial charge >= 0.3 is 0 Å². The molecule has 1 aromatic carbocycles. The van der Waals surface area contributed by atoms with E-state index in [2.05, 4.69) is 15.5 Å². The van der Waals surface area contributed by atoms with Gasteiger partial charge in [0.2, 0.25) is 12.7 Å². The van der Waals surface area contributed by atoms with Crippen LogP contribution in [-0.4, -0.2) is 22.9 Å². The van der Waals surface area contributed by atoms with E-state index in [-0.39, 0.29) is 12.7 Å². The molecule has 1 aliphatic rings. The van der Waals surface area contributed by atoms with Crippen molar-refractivity contribution >= 4 is 17.8 Å². The lowest BCUT2D eigenvalue weighted by molar-refractivity contribution is -0.111. The minimum absolute atomic E-state index is 0.214. The van der Waals surface area contributed by atoms with Crippen LogP contribution in [0.15, 0.2) is 53.3 Å². The lowest BCUT2D eigenvalue weighted by Gasteiger charge is -2.05. The molecule has 7 nitrogen and oxygen atoms in total. The third kappa shape index (κ3) is 2.74. The van der Waals surface area contributed by atoms with Crippen LogP contribution in [-0.2, 0) is 4.79 Å². The van der Waals surface area contributed by atoms with Gasteiger partial charge in [0.05, 0.1) is 12.5 Å². The minimum Gasteiger partial charge on any atom is -0.465 e. The molecule has 1 amide bonds. The fraction of sp³-hybridized carbons (Fsp3) is 0.0588. The summed E-state index contributed by atoms with van der Waals surface area (Å²) in [5.74, 6) is 2.18. The molecule has 3 heterocycles. The van der Waals surface area contributed by atoms with Crippen LogP contribution >= 0.6 is 0 Å². The Bertz CT molecular complexity index is 896. The highest BCUT2D eigenvalue weighted by molar-refractivity contribution is 6.03. The fourth-order valence-electron chi connectivity index (χ4n) is 2.37. The Morgan fingerprint density at radius 3 is 3.04 bits per heavy atom. The van der Waals surface area contributed by atoms with Gasteiger partial charge in [-0.05, 0) is 35.9 Å². The van der Waals surface area contributed by atoms with Gasteiger partial charge < -0.3 is 19.2 Å².